The Bertz CT molecular complexity index is 191. The zero-order valence-corrected chi connectivity index (χ0v) is 9.45. The summed E-state index contributed by atoms with van der Waals surface area (Å²) in [6, 6.07) is 1.06. The fourth-order valence-corrected chi connectivity index (χ4v) is 3.34. The van der Waals surface area contributed by atoms with Crippen LogP contribution in [0.25, 0.3) is 0 Å². The molecule has 1 aliphatic carbocycles. The fraction of sp³-hybridized carbons (Fsp3) is 1.00. The topological polar surface area (TPSA) is 23.5 Å². The van der Waals surface area contributed by atoms with Gasteiger partial charge < -0.3 is 5.11 Å². The minimum absolute atomic E-state index is 0.0588. The van der Waals surface area contributed by atoms with Gasteiger partial charge in [-0.2, -0.15) is 0 Å². The van der Waals surface area contributed by atoms with Gasteiger partial charge in [-0.05, 0) is 52.0 Å². The van der Waals surface area contributed by atoms with Crippen molar-refractivity contribution in [2.45, 2.75) is 64.1 Å². The molecule has 1 saturated carbocycles. The van der Waals surface area contributed by atoms with Crippen LogP contribution >= 0.6 is 0 Å². The Kier molecular flexibility index (Phi) is 3.13. The van der Waals surface area contributed by atoms with Crippen LogP contribution in [0.5, 0.6) is 0 Å². The van der Waals surface area contributed by atoms with Crippen molar-refractivity contribution in [2.75, 3.05) is 6.54 Å². The smallest absolute Gasteiger partial charge is 0.0698 e. The molecule has 2 rings (SSSR count). The van der Waals surface area contributed by atoms with Crippen molar-refractivity contribution in [3.8, 4) is 0 Å². The maximum Gasteiger partial charge on any atom is 0.0698 e. The van der Waals surface area contributed by atoms with E-state index >= 15 is 0 Å². The summed E-state index contributed by atoms with van der Waals surface area (Å²) in [6.07, 6.45) is 6.19. The standard InChI is InChI=1S/C12H23NO/c1-9(2)13-8-4-6-10-5-3-7-11(14)12(10)13/h9-12,14H,3-8H2,1-2H3. The molecule has 2 aliphatic rings. The van der Waals surface area contributed by atoms with E-state index in [1.807, 2.05) is 0 Å². The van der Waals surface area contributed by atoms with Gasteiger partial charge in [-0.1, -0.05) is 6.42 Å². The predicted octanol–water partition coefficient (Wildman–Crippen LogP) is 2.02. The Labute approximate surface area is 87.3 Å². The quantitative estimate of drug-likeness (QED) is 0.695. The summed E-state index contributed by atoms with van der Waals surface area (Å²) in [5.41, 5.74) is 0. The number of nitrogens with zero attached hydrogens (tertiary/aromatic N) is 1. The van der Waals surface area contributed by atoms with E-state index in [1.54, 1.807) is 0 Å². The lowest BCUT2D eigenvalue weighted by Gasteiger charge is -2.48. The number of hydrogen-bond donors (Lipinski definition) is 1. The molecule has 1 N–H and O–H groups in total. The van der Waals surface area contributed by atoms with Gasteiger partial charge in [0, 0.05) is 12.1 Å². The first-order valence-electron chi connectivity index (χ1n) is 6.14. The lowest BCUT2D eigenvalue weighted by atomic mass is 9.76. The summed E-state index contributed by atoms with van der Waals surface area (Å²) in [6.45, 7) is 5.70. The Morgan fingerprint density at radius 2 is 1.86 bits per heavy atom. The summed E-state index contributed by atoms with van der Waals surface area (Å²) >= 11 is 0. The molecule has 0 aromatic heterocycles. The number of hydrogen-bond acceptors (Lipinski definition) is 2. The minimum Gasteiger partial charge on any atom is -0.391 e. The highest BCUT2D eigenvalue weighted by molar-refractivity contribution is 4.93. The third kappa shape index (κ3) is 1.82. The molecule has 0 amide bonds. The number of piperidine rings is 1. The van der Waals surface area contributed by atoms with Gasteiger partial charge in [0.1, 0.15) is 0 Å². The Hall–Kier alpha value is -0.0800. The molecule has 1 aliphatic heterocycles. The van der Waals surface area contributed by atoms with Crippen LogP contribution < -0.4 is 0 Å². The van der Waals surface area contributed by atoms with Gasteiger partial charge in [0.15, 0.2) is 0 Å². The number of likely N-dealkylation sites (tertiary alicyclic amines) is 1. The van der Waals surface area contributed by atoms with Crippen LogP contribution in [0, 0.1) is 5.92 Å². The van der Waals surface area contributed by atoms with E-state index in [0.29, 0.717) is 12.1 Å². The summed E-state index contributed by atoms with van der Waals surface area (Å²) in [4.78, 5) is 2.53. The van der Waals surface area contributed by atoms with Gasteiger partial charge in [-0.25, -0.2) is 0 Å². The molecule has 2 nitrogen and oxygen atoms in total. The first-order chi connectivity index (χ1) is 6.70. The van der Waals surface area contributed by atoms with Gasteiger partial charge in [-0.15, -0.1) is 0 Å². The van der Waals surface area contributed by atoms with Crippen molar-refractivity contribution < 1.29 is 5.11 Å². The molecule has 82 valence electrons. The molecule has 1 saturated heterocycles. The van der Waals surface area contributed by atoms with Crippen molar-refractivity contribution in [3.63, 3.8) is 0 Å². The van der Waals surface area contributed by atoms with Crippen LogP contribution in [-0.2, 0) is 0 Å². The molecular formula is C12H23NO. The summed E-state index contributed by atoms with van der Waals surface area (Å²) in [7, 11) is 0. The molecule has 3 atom stereocenters. The van der Waals surface area contributed by atoms with E-state index in [-0.39, 0.29) is 6.10 Å². The van der Waals surface area contributed by atoms with Crippen molar-refractivity contribution in [1.29, 1.82) is 0 Å². The van der Waals surface area contributed by atoms with Crippen LogP contribution in [0.1, 0.15) is 46.0 Å². The van der Waals surface area contributed by atoms with Crippen LogP contribution in [-0.4, -0.2) is 34.7 Å². The molecule has 0 aromatic carbocycles. The molecule has 2 fully saturated rings. The van der Waals surface area contributed by atoms with Crippen LogP contribution in [0.15, 0.2) is 0 Å². The van der Waals surface area contributed by atoms with E-state index in [1.165, 1.54) is 32.2 Å². The number of aliphatic hydroxyl groups is 1. The normalized spacial score (nSPS) is 39.9. The van der Waals surface area contributed by atoms with E-state index in [9.17, 15) is 5.11 Å². The monoisotopic (exact) mass is 197 g/mol. The highest BCUT2D eigenvalue weighted by Gasteiger charge is 2.39. The Morgan fingerprint density at radius 3 is 2.57 bits per heavy atom. The van der Waals surface area contributed by atoms with Crippen molar-refractivity contribution in [2.24, 2.45) is 5.92 Å². The molecule has 0 spiro atoms. The third-order valence-corrected chi connectivity index (χ3v) is 3.99. The van der Waals surface area contributed by atoms with Gasteiger partial charge in [0.25, 0.3) is 0 Å². The predicted molar refractivity (Wildman–Crippen MR) is 58.2 cm³/mol. The summed E-state index contributed by atoms with van der Waals surface area (Å²) in [5.74, 6) is 0.773. The zero-order chi connectivity index (χ0) is 10.1. The van der Waals surface area contributed by atoms with Gasteiger partial charge in [0.2, 0.25) is 0 Å². The highest BCUT2D eigenvalue weighted by atomic mass is 16.3. The molecule has 1 heterocycles. The van der Waals surface area contributed by atoms with Crippen molar-refractivity contribution in [1.82, 2.24) is 4.90 Å². The average molecular weight is 197 g/mol. The zero-order valence-electron chi connectivity index (χ0n) is 9.45. The second-order valence-electron chi connectivity index (χ2n) is 5.22. The average Bonchev–Trinajstić information content (AvgIpc) is 2.17. The van der Waals surface area contributed by atoms with Gasteiger partial charge in [0.05, 0.1) is 6.10 Å². The molecular weight excluding hydrogens is 174 g/mol. The lowest BCUT2D eigenvalue weighted by molar-refractivity contribution is -0.0494. The van der Waals surface area contributed by atoms with Crippen molar-refractivity contribution >= 4 is 0 Å². The first kappa shape index (κ1) is 10.4. The Balaban J connectivity index is 2.10. The summed E-state index contributed by atoms with van der Waals surface area (Å²) in [5, 5.41) is 10.1. The van der Waals surface area contributed by atoms with E-state index in [0.717, 1.165) is 12.3 Å². The molecule has 2 heteroatoms. The molecule has 0 aromatic rings. The highest BCUT2D eigenvalue weighted by Crippen LogP contribution is 2.36. The second kappa shape index (κ2) is 4.19. The molecule has 14 heavy (non-hydrogen) atoms. The van der Waals surface area contributed by atoms with Crippen molar-refractivity contribution in [3.05, 3.63) is 0 Å². The van der Waals surface area contributed by atoms with Gasteiger partial charge in [-0.3, -0.25) is 4.90 Å². The number of aliphatic hydroxyl groups excluding tert-OH is 1. The van der Waals surface area contributed by atoms with Gasteiger partial charge >= 0.3 is 0 Å². The first-order valence-corrected chi connectivity index (χ1v) is 6.14. The number of fused-ring (bicyclic) bond motifs is 1. The van der Waals surface area contributed by atoms with E-state index < -0.39 is 0 Å². The molecule has 0 bridgehead atoms. The minimum atomic E-state index is -0.0588. The number of rotatable bonds is 1. The van der Waals surface area contributed by atoms with Crippen LogP contribution in [0.3, 0.4) is 0 Å². The van der Waals surface area contributed by atoms with Crippen LogP contribution in [0.4, 0.5) is 0 Å². The third-order valence-electron chi connectivity index (χ3n) is 3.99. The maximum atomic E-state index is 10.1. The second-order valence-corrected chi connectivity index (χ2v) is 5.22. The molecule has 3 unspecified atom stereocenters. The fourth-order valence-electron chi connectivity index (χ4n) is 3.34. The molecule has 0 radical (unpaired) electrons. The van der Waals surface area contributed by atoms with E-state index in [2.05, 4.69) is 18.7 Å². The summed E-state index contributed by atoms with van der Waals surface area (Å²) < 4.78 is 0. The lowest BCUT2D eigenvalue weighted by Crippen LogP contribution is -2.55. The largest absolute Gasteiger partial charge is 0.391 e. The Morgan fingerprint density at radius 1 is 1.14 bits per heavy atom. The SMILES string of the molecule is CC(C)N1CCCC2CCCC(O)C21. The maximum absolute atomic E-state index is 10.1. The van der Waals surface area contributed by atoms with E-state index in [4.69, 9.17) is 0 Å². The van der Waals surface area contributed by atoms with Crippen LogP contribution in [0.2, 0.25) is 0 Å².